The minimum Gasteiger partial charge on any atom is -0.465 e. The van der Waals surface area contributed by atoms with Crippen LogP contribution in [0, 0.1) is 6.92 Å². The van der Waals surface area contributed by atoms with Crippen LogP contribution in [0.4, 0.5) is 0 Å². The number of nitrogens with zero attached hydrogens (tertiary/aromatic N) is 1. The first-order chi connectivity index (χ1) is 8.59. The molecule has 0 aromatic carbocycles. The summed E-state index contributed by atoms with van der Waals surface area (Å²) in [6, 6.07) is 4.04. The lowest BCUT2D eigenvalue weighted by Crippen LogP contribution is -2.62. The van der Waals surface area contributed by atoms with Gasteiger partial charge in [0.05, 0.1) is 12.6 Å². The molecule has 0 bridgehead atoms. The van der Waals surface area contributed by atoms with Crippen LogP contribution in [0.3, 0.4) is 0 Å². The maximum Gasteiger partial charge on any atom is 0.118 e. The third-order valence-electron chi connectivity index (χ3n) is 4.00. The maximum atomic E-state index is 5.96. The molecule has 1 aromatic heterocycles. The molecule has 18 heavy (non-hydrogen) atoms. The molecule has 0 unspecified atom stereocenters. The standard InChI is InChI=1S/C14H24N2O2/c1-4-17-13-7-14(8-13,10-15)16(3)9-12-6-5-11(2)18-12/h5-6,13H,4,7-10,15H2,1-3H3. The molecule has 4 nitrogen and oxygen atoms in total. The Morgan fingerprint density at radius 1 is 1.50 bits per heavy atom. The predicted octanol–water partition coefficient (Wildman–Crippen LogP) is 1.92. The van der Waals surface area contributed by atoms with Crippen molar-refractivity contribution in [3.63, 3.8) is 0 Å². The van der Waals surface area contributed by atoms with Gasteiger partial charge in [-0.25, -0.2) is 0 Å². The number of hydrogen-bond acceptors (Lipinski definition) is 4. The maximum absolute atomic E-state index is 5.96. The molecule has 2 N–H and O–H groups in total. The van der Waals surface area contributed by atoms with Crippen LogP contribution in [-0.2, 0) is 11.3 Å². The van der Waals surface area contributed by atoms with Gasteiger partial charge < -0.3 is 14.9 Å². The quantitative estimate of drug-likeness (QED) is 0.840. The Morgan fingerprint density at radius 2 is 2.22 bits per heavy atom. The van der Waals surface area contributed by atoms with Crippen LogP contribution >= 0.6 is 0 Å². The monoisotopic (exact) mass is 252 g/mol. The average Bonchev–Trinajstić information content (AvgIpc) is 2.68. The summed E-state index contributed by atoms with van der Waals surface area (Å²) in [6.45, 7) is 6.28. The highest BCUT2D eigenvalue weighted by Crippen LogP contribution is 2.39. The normalized spacial score (nSPS) is 27.5. The number of rotatable bonds is 6. The fraction of sp³-hybridized carbons (Fsp3) is 0.714. The average molecular weight is 252 g/mol. The van der Waals surface area contributed by atoms with Gasteiger partial charge in [0.1, 0.15) is 11.5 Å². The van der Waals surface area contributed by atoms with E-state index in [-0.39, 0.29) is 5.54 Å². The third-order valence-corrected chi connectivity index (χ3v) is 4.00. The first kappa shape index (κ1) is 13.6. The molecule has 1 heterocycles. The van der Waals surface area contributed by atoms with Crippen molar-refractivity contribution in [3.05, 3.63) is 23.7 Å². The summed E-state index contributed by atoms with van der Waals surface area (Å²) >= 11 is 0. The molecule has 4 heteroatoms. The van der Waals surface area contributed by atoms with Gasteiger partial charge in [0, 0.05) is 18.7 Å². The van der Waals surface area contributed by atoms with E-state index in [1.807, 2.05) is 26.0 Å². The fourth-order valence-corrected chi connectivity index (χ4v) is 2.75. The lowest BCUT2D eigenvalue weighted by Gasteiger charge is -2.52. The van der Waals surface area contributed by atoms with Gasteiger partial charge in [0.15, 0.2) is 0 Å². The smallest absolute Gasteiger partial charge is 0.118 e. The highest BCUT2D eigenvalue weighted by atomic mass is 16.5. The summed E-state index contributed by atoms with van der Waals surface area (Å²) in [4.78, 5) is 2.31. The van der Waals surface area contributed by atoms with E-state index in [4.69, 9.17) is 14.9 Å². The van der Waals surface area contributed by atoms with Crippen molar-refractivity contribution in [2.75, 3.05) is 20.2 Å². The summed E-state index contributed by atoms with van der Waals surface area (Å²) in [5.74, 6) is 1.96. The van der Waals surface area contributed by atoms with E-state index in [1.165, 1.54) is 0 Å². The summed E-state index contributed by atoms with van der Waals surface area (Å²) in [5.41, 5.74) is 6.04. The molecular weight excluding hydrogens is 228 g/mol. The second-order valence-electron chi connectivity index (χ2n) is 5.28. The van der Waals surface area contributed by atoms with E-state index in [0.29, 0.717) is 12.6 Å². The van der Waals surface area contributed by atoms with Crippen molar-refractivity contribution in [1.29, 1.82) is 0 Å². The number of nitrogens with two attached hydrogens (primary N) is 1. The molecule has 0 aliphatic heterocycles. The second-order valence-corrected chi connectivity index (χ2v) is 5.28. The topological polar surface area (TPSA) is 51.6 Å². The fourth-order valence-electron chi connectivity index (χ4n) is 2.75. The third kappa shape index (κ3) is 2.60. The van der Waals surface area contributed by atoms with E-state index >= 15 is 0 Å². The Kier molecular flexibility index (Phi) is 4.10. The Morgan fingerprint density at radius 3 is 2.72 bits per heavy atom. The lowest BCUT2D eigenvalue weighted by molar-refractivity contribution is -0.0961. The van der Waals surface area contributed by atoms with Crippen molar-refractivity contribution in [1.82, 2.24) is 4.90 Å². The van der Waals surface area contributed by atoms with E-state index < -0.39 is 0 Å². The van der Waals surface area contributed by atoms with Crippen LogP contribution in [0.25, 0.3) is 0 Å². The molecule has 1 aliphatic rings. The molecule has 1 fully saturated rings. The number of ether oxygens (including phenoxy) is 1. The highest BCUT2D eigenvalue weighted by molar-refractivity contribution is 5.09. The van der Waals surface area contributed by atoms with Crippen LogP contribution in [0.15, 0.2) is 16.5 Å². The first-order valence-corrected chi connectivity index (χ1v) is 6.68. The molecule has 0 radical (unpaired) electrons. The molecule has 102 valence electrons. The Labute approximate surface area is 109 Å². The van der Waals surface area contributed by atoms with Crippen molar-refractivity contribution in [3.8, 4) is 0 Å². The summed E-state index contributed by atoms with van der Waals surface area (Å²) < 4.78 is 11.3. The van der Waals surface area contributed by atoms with Gasteiger partial charge in [-0.15, -0.1) is 0 Å². The second kappa shape index (κ2) is 5.43. The molecule has 1 aliphatic carbocycles. The number of likely N-dealkylation sites (N-methyl/N-ethyl adjacent to an activating group) is 1. The van der Waals surface area contributed by atoms with Gasteiger partial charge in [-0.1, -0.05) is 0 Å². The SMILES string of the molecule is CCOC1CC(CN)(N(C)Cc2ccc(C)o2)C1. The molecule has 1 saturated carbocycles. The predicted molar refractivity (Wildman–Crippen MR) is 71.3 cm³/mol. The Balaban J connectivity index is 1.93. The van der Waals surface area contributed by atoms with Crippen molar-refractivity contribution >= 4 is 0 Å². The van der Waals surface area contributed by atoms with Crippen LogP contribution in [-0.4, -0.2) is 36.7 Å². The molecule has 0 amide bonds. The molecule has 0 saturated heterocycles. The van der Waals surface area contributed by atoms with Crippen LogP contribution < -0.4 is 5.73 Å². The number of aryl methyl sites for hydroxylation is 1. The molecule has 2 rings (SSSR count). The van der Waals surface area contributed by atoms with Crippen molar-refractivity contribution in [2.24, 2.45) is 5.73 Å². The molecule has 1 aromatic rings. The van der Waals surface area contributed by atoms with Crippen LogP contribution in [0.5, 0.6) is 0 Å². The summed E-state index contributed by atoms with van der Waals surface area (Å²) in [7, 11) is 2.12. The molecule has 0 atom stereocenters. The largest absolute Gasteiger partial charge is 0.465 e. The van der Waals surface area contributed by atoms with Gasteiger partial charge >= 0.3 is 0 Å². The van der Waals surface area contributed by atoms with Crippen LogP contribution in [0.1, 0.15) is 31.3 Å². The first-order valence-electron chi connectivity index (χ1n) is 6.68. The molecule has 0 spiro atoms. The Bertz CT molecular complexity index is 383. The summed E-state index contributed by atoms with van der Waals surface area (Å²) in [6.07, 6.45) is 2.42. The van der Waals surface area contributed by atoms with E-state index in [1.54, 1.807) is 0 Å². The van der Waals surface area contributed by atoms with E-state index in [9.17, 15) is 0 Å². The van der Waals surface area contributed by atoms with Crippen LogP contribution in [0.2, 0.25) is 0 Å². The van der Waals surface area contributed by atoms with Gasteiger partial charge in [0.2, 0.25) is 0 Å². The van der Waals surface area contributed by atoms with Crippen molar-refractivity contribution < 1.29 is 9.15 Å². The van der Waals surface area contributed by atoms with Gasteiger partial charge in [0.25, 0.3) is 0 Å². The van der Waals surface area contributed by atoms with Gasteiger partial charge in [-0.3, -0.25) is 4.90 Å². The van der Waals surface area contributed by atoms with E-state index in [0.717, 1.165) is 37.5 Å². The zero-order chi connectivity index (χ0) is 13.2. The number of furan rings is 1. The zero-order valence-corrected chi connectivity index (χ0v) is 11.6. The molecular formula is C14H24N2O2. The summed E-state index contributed by atoms with van der Waals surface area (Å²) in [5, 5.41) is 0. The minimum atomic E-state index is 0.0839. The minimum absolute atomic E-state index is 0.0839. The van der Waals surface area contributed by atoms with Gasteiger partial charge in [-0.05, 0) is 45.9 Å². The van der Waals surface area contributed by atoms with E-state index in [2.05, 4.69) is 11.9 Å². The van der Waals surface area contributed by atoms with Gasteiger partial charge in [-0.2, -0.15) is 0 Å². The number of hydrogen-bond donors (Lipinski definition) is 1. The lowest BCUT2D eigenvalue weighted by atomic mass is 9.73. The van der Waals surface area contributed by atoms with Crippen molar-refractivity contribution in [2.45, 2.75) is 44.9 Å². The highest BCUT2D eigenvalue weighted by Gasteiger charge is 2.46. The Hall–Kier alpha value is -0.840. The zero-order valence-electron chi connectivity index (χ0n) is 11.6.